The SMILES string of the molecule is CNc1cnc(C[C@H]2CCCN(C(=O)C(C)(C)n3cncn3)CC2)cn1. The van der Waals surface area contributed by atoms with E-state index in [1.165, 1.54) is 6.33 Å². The minimum Gasteiger partial charge on any atom is -0.372 e. The van der Waals surface area contributed by atoms with E-state index in [0.717, 1.165) is 50.3 Å². The lowest BCUT2D eigenvalue weighted by atomic mass is 9.95. The average molecular weight is 357 g/mol. The third-order valence-corrected chi connectivity index (χ3v) is 5.11. The van der Waals surface area contributed by atoms with Crippen molar-refractivity contribution in [3.05, 3.63) is 30.7 Å². The first kappa shape index (κ1) is 18.3. The van der Waals surface area contributed by atoms with Gasteiger partial charge in [0.05, 0.1) is 18.1 Å². The summed E-state index contributed by atoms with van der Waals surface area (Å²) in [5.74, 6) is 1.40. The van der Waals surface area contributed by atoms with E-state index >= 15 is 0 Å². The van der Waals surface area contributed by atoms with Crippen LogP contribution in [-0.4, -0.2) is 55.7 Å². The zero-order valence-corrected chi connectivity index (χ0v) is 15.7. The Balaban J connectivity index is 1.60. The molecule has 1 amide bonds. The Bertz CT molecular complexity index is 712. The van der Waals surface area contributed by atoms with Crippen LogP contribution < -0.4 is 5.32 Å². The molecule has 0 aliphatic carbocycles. The van der Waals surface area contributed by atoms with Gasteiger partial charge in [0, 0.05) is 20.1 Å². The second-order valence-corrected chi connectivity index (χ2v) is 7.34. The Hall–Kier alpha value is -2.51. The van der Waals surface area contributed by atoms with E-state index in [1.807, 2.05) is 32.0 Å². The van der Waals surface area contributed by atoms with Crippen LogP contribution in [0.1, 0.15) is 38.8 Å². The quantitative estimate of drug-likeness (QED) is 0.876. The molecular formula is C18H27N7O. The van der Waals surface area contributed by atoms with Gasteiger partial charge in [0.15, 0.2) is 0 Å². The summed E-state index contributed by atoms with van der Waals surface area (Å²) in [5.41, 5.74) is 0.293. The monoisotopic (exact) mass is 357 g/mol. The number of nitrogens with one attached hydrogen (secondary N) is 1. The normalized spacial score (nSPS) is 18.4. The van der Waals surface area contributed by atoms with E-state index in [2.05, 4.69) is 25.4 Å². The number of carbonyl (C=O) groups excluding carboxylic acids is 1. The van der Waals surface area contributed by atoms with Gasteiger partial charge in [-0.2, -0.15) is 5.10 Å². The number of aromatic nitrogens is 5. The Morgan fingerprint density at radius 1 is 1.27 bits per heavy atom. The third kappa shape index (κ3) is 4.00. The molecule has 0 aromatic carbocycles. The molecule has 0 spiro atoms. The molecule has 0 saturated carbocycles. The zero-order chi connectivity index (χ0) is 18.6. The van der Waals surface area contributed by atoms with Crippen LogP contribution in [-0.2, 0) is 16.8 Å². The van der Waals surface area contributed by atoms with E-state index in [9.17, 15) is 4.79 Å². The fraction of sp³-hybridized carbons (Fsp3) is 0.611. The second kappa shape index (κ2) is 7.80. The van der Waals surface area contributed by atoms with Gasteiger partial charge in [-0.25, -0.2) is 14.6 Å². The summed E-state index contributed by atoms with van der Waals surface area (Å²) in [7, 11) is 1.83. The molecule has 1 saturated heterocycles. The molecule has 1 aliphatic rings. The maximum Gasteiger partial charge on any atom is 0.250 e. The molecule has 0 radical (unpaired) electrons. The van der Waals surface area contributed by atoms with Gasteiger partial charge in [0.25, 0.3) is 0 Å². The minimum atomic E-state index is -0.717. The molecule has 0 bridgehead atoms. The molecule has 1 atom stereocenters. The molecule has 3 heterocycles. The lowest BCUT2D eigenvalue weighted by Crippen LogP contribution is -2.47. The summed E-state index contributed by atoms with van der Waals surface area (Å²) in [6.45, 7) is 5.35. The molecule has 2 aromatic heterocycles. The van der Waals surface area contributed by atoms with Crippen LogP contribution in [0.25, 0.3) is 0 Å². The number of hydrogen-bond donors (Lipinski definition) is 1. The van der Waals surface area contributed by atoms with Crippen molar-refractivity contribution in [1.82, 2.24) is 29.6 Å². The maximum atomic E-state index is 13.0. The maximum absolute atomic E-state index is 13.0. The van der Waals surface area contributed by atoms with Gasteiger partial charge < -0.3 is 10.2 Å². The first-order valence-corrected chi connectivity index (χ1v) is 9.14. The molecule has 0 unspecified atom stereocenters. The topological polar surface area (TPSA) is 88.8 Å². The summed E-state index contributed by atoms with van der Waals surface area (Å²) in [5, 5.41) is 7.13. The number of hydrogen-bond acceptors (Lipinski definition) is 6. The number of anilines is 1. The standard InChI is InChI=1S/C18H27N7O/c1-18(2,25-13-20-12-23-25)17(26)24-7-4-5-14(6-8-24)9-15-10-22-16(19-3)11-21-15/h10-14H,4-9H2,1-3H3,(H,19,22)/t14-/m0/s1. The molecule has 3 rings (SSSR count). The fourth-order valence-corrected chi connectivity index (χ4v) is 3.44. The van der Waals surface area contributed by atoms with Crippen molar-refractivity contribution in [1.29, 1.82) is 0 Å². The third-order valence-electron chi connectivity index (χ3n) is 5.11. The highest BCUT2D eigenvalue weighted by molar-refractivity contribution is 5.83. The van der Waals surface area contributed by atoms with E-state index in [4.69, 9.17) is 0 Å². The highest BCUT2D eigenvalue weighted by Crippen LogP contribution is 2.24. The molecule has 1 N–H and O–H groups in total. The van der Waals surface area contributed by atoms with Gasteiger partial charge >= 0.3 is 0 Å². The van der Waals surface area contributed by atoms with Crippen LogP contribution in [0.3, 0.4) is 0 Å². The van der Waals surface area contributed by atoms with E-state index < -0.39 is 5.54 Å². The van der Waals surface area contributed by atoms with Crippen molar-refractivity contribution < 1.29 is 4.79 Å². The molecule has 1 fully saturated rings. The summed E-state index contributed by atoms with van der Waals surface area (Å²) < 4.78 is 1.64. The van der Waals surface area contributed by atoms with Gasteiger partial charge in [0.2, 0.25) is 5.91 Å². The second-order valence-electron chi connectivity index (χ2n) is 7.34. The van der Waals surface area contributed by atoms with Crippen LogP contribution in [0, 0.1) is 5.92 Å². The van der Waals surface area contributed by atoms with Crippen molar-refractivity contribution in [3.8, 4) is 0 Å². The van der Waals surface area contributed by atoms with E-state index in [-0.39, 0.29) is 5.91 Å². The van der Waals surface area contributed by atoms with Crippen LogP contribution in [0.2, 0.25) is 0 Å². The molecule has 8 nitrogen and oxygen atoms in total. The number of likely N-dealkylation sites (tertiary alicyclic amines) is 1. The average Bonchev–Trinajstić information content (AvgIpc) is 3.10. The van der Waals surface area contributed by atoms with Crippen molar-refractivity contribution in [2.24, 2.45) is 5.92 Å². The predicted octanol–water partition coefficient (Wildman–Crippen LogP) is 1.72. The molecule has 140 valence electrons. The summed E-state index contributed by atoms with van der Waals surface area (Å²) in [4.78, 5) is 27.8. The number of carbonyl (C=O) groups is 1. The Morgan fingerprint density at radius 3 is 2.77 bits per heavy atom. The van der Waals surface area contributed by atoms with E-state index in [1.54, 1.807) is 17.2 Å². The number of rotatable bonds is 5. The van der Waals surface area contributed by atoms with Gasteiger partial charge in [0.1, 0.15) is 24.0 Å². The molecule has 26 heavy (non-hydrogen) atoms. The van der Waals surface area contributed by atoms with Crippen LogP contribution in [0.4, 0.5) is 5.82 Å². The first-order valence-electron chi connectivity index (χ1n) is 9.14. The lowest BCUT2D eigenvalue weighted by Gasteiger charge is -2.31. The summed E-state index contributed by atoms with van der Waals surface area (Å²) in [6.07, 6.45) is 10.7. The van der Waals surface area contributed by atoms with Crippen LogP contribution in [0.15, 0.2) is 25.0 Å². The first-order chi connectivity index (χ1) is 12.5. The summed E-state index contributed by atoms with van der Waals surface area (Å²) >= 11 is 0. The van der Waals surface area contributed by atoms with Crippen LogP contribution >= 0.6 is 0 Å². The largest absolute Gasteiger partial charge is 0.372 e. The van der Waals surface area contributed by atoms with Crippen molar-refractivity contribution in [2.45, 2.75) is 45.1 Å². The van der Waals surface area contributed by atoms with Crippen molar-refractivity contribution >= 4 is 11.7 Å². The zero-order valence-electron chi connectivity index (χ0n) is 15.7. The highest BCUT2D eigenvalue weighted by atomic mass is 16.2. The molecular weight excluding hydrogens is 330 g/mol. The van der Waals surface area contributed by atoms with Gasteiger partial charge in [-0.1, -0.05) is 0 Å². The Kier molecular flexibility index (Phi) is 5.49. The Labute approximate surface area is 154 Å². The predicted molar refractivity (Wildman–Crippen MR) is 98.5 cm³/mol. The summed E-state index contributed by atoms with van der Waals surface area (Å²) in [6, 6.07) is 0. The fourth-order valence-electron chi connectivity index (χ4n) is 3.44. The minimum absolute atomic E-state index is 0.0989. The van der Waals surface area contributed by atoms with E-state index in [0.29, 0.717) is 5.92 Å². The molecule has 1 aliphatic heterocycles. The molecule has 8 heteroatoms. The van der Waals surface area contributed by atoms with Crippen LogP contribution in [0.5, 0.6) is 0 Å². The lowest BCUT2D eigenvalue weighted by molar-refractivity contribution is -0.139. The van der Waals surface area contributed by atoms with Gasteiger partial charge in [-0.05, 0) is 45.4 Å². The molecule has 2 aromatic rings. The number of amides is 1. The van der Waals surface area contributed by atoms with Crippen molar-refractivity contribution in [3.63, 3.8) is 0 Å². The van der Waals surface area contributed by atoms with Gasteiger partial charge in [-0.15, -0.1) is 0 Å². The highest BCUT2D eigenvalue weighted by Gasteiger charge is 2.35. The Morgan fingerprint density at radius 2 is 2.12 bits per heavy atom. The van der Waals surface area contributed by atoms with Crippen molar-refractivity contribution in [2.75, 3.05) is 25.5 Å². The number of nitrogens with zero attached hydrogens (tertiary/aromatic N) is 6. The van der Waals surface area contributed by atoms with Gasteiger partial charge in [-0.3, -0.25) is 9.78 Å². The smallest absolute Gasteiger partial charge is 0.250 e.